The van der Waals surface area contributed by atoms with Gasteiger partial charge in [0, 0.05) is 12.6 Å². The van der Waals surface area contributed by atoms with E-state index >= 15 is 0 Å². The van der Waals surface area contributed by atoms with Crippen molar-refractivity contribution in [3.63, 3.8) is 0 Å². The predicted octanol–water partition coefficient (Wildman–Crippen LogP) is 1.76. The van der Waals surface area contributed by atoms with Crippen molar-refractivity contribution in [2.24, 2.45) is 0 Å². The summed E-state index contributed by atoms with van der Waals surface area (Å²) in [6.07, 6.45) is 0.973. The molecule has 1 aromatic rings. The molecule has 1 aromatic carbocycles. The molecular weight excluding hydrogens is 240 g/mol. The van der Waals surface area contributed by atoms with Crippen LogP contribution in [0.15, 0.2) is 24.3 Å². The number of rotatable bonds is 4. The zero-order valence-corrected chi connectivity index (χ0v) is 11.6. The first-order valence-corrected chi connectivity index (χ1v) is 6.93. The van der Waals surface area contributed by atoms with Crippen LogP contribution in [-0.4, -0.2) is 25.2 Å². The third kappa shape index (κ3) is 3.55. The van der Waals surface area contributed by atoms with Crippen molar-refractivity contribution < 1.29 is 9.53 Å². The zero-order valence-electron chi connectivity index (χ0n) is 11.6. The van der Waals surface area contributed by atoms with E-state index in [9.17, 15) is 4.79 Å². The van der Waals surface area contributed by atoms with Crippen LogP contribution in [0.5, 0.6) is 0 Å². The largest absolute Gasteiger partial charge is 0.465 e. The lowest BCUT2D eigenvalue weighted by Crippen LogP contribution is -2.38. The van der Waals surface area contributed by atoms with E-state index in [1.165, 1.54) is 11.1 Å². The highest BCUT2D eigenvalue weighted by Crippen LogP contribution is 2.23. The van der Waals surface area contributed by atoms with E-state index in [0.717, 1.165) is 19.5 Å². The van der Waals surface area contributed by atoms with E-state index in [0.29, 0.717) is 6.61 Å². The number of carbonyl (C=O) groups is 1. The summed E-state index contributed by atoms with van der Waals surface area (Å²) < 4.78 is 5.05. The molecule has 2 atom stereocenters. The number of esters is 1. The third-order valence-corrected chi connectivity index (χ3v) is 3.45. The summed E-state index contributed by atoms with van der Waals surface area (Å²) in [5, 5.41) is 6.79. The molecular formula is C15H22N2O2. The van der Waals surface area contributed by atoms with Gasteiger partial charge in [-0.15, -0.1) is 0 Å². The Labute approximate surface area is 114 Å². The molecule has 1 aliphatic heterocycles. The van der Waals surface area contributed by atoms with Crippen molar-refractivity contribution in [2.45, 2.75) is 38.9 Å². The van der Waals surface area contributed by atoms with Gasteiger partial charge in [0.25, 0.3) is 0 Å². The van der Waals surface area contributed by atoms with Gasteiger partial charge in [0.05, 0.1) is 6.61 Å². The van der Waals surface area contributed by atoms with E-state index < -0.39 is 0 Å². The molecule has 2 rings (SSSR count). The van der Waals surface area contributed by atoms with Gasteiger partial charge in [-0.1, -0.05) is 24.3 Å². The average molecular weight is 262 g/mol. The standard InChI is InChI=1S/C15H22N2O2/c1-3-19-15(18)11(2)17-14-8-9-16-10-12-6-4-5-7-13(12)14/h4-7,11,14,16-17H,3,8-10H2,1-2H3. The highest BCUT2D eigenvalue weighted by molar-refractivity contribution is 5.75. The van der Waals surface area contributed by atoms with Crippen molar-refractivity contribution in [2.75, 3.05) is 13.2 Å². The van der Waals surface area contributed by atoms with Crippen molar-refractivity contribution in [1.82, 2.24) is 10.6 Å². The van der Waals surface area contributed by atoms with Crippen molar-refractivity contribution in [3.8, 4) is 0 Å². The second-order valence-electron chi connectivity index (χ2n) is 4.86. The fourth-order valence-corrected chi connectivity index (χ4v) is 2.47. The van der Waals surface area contributed by atoms with Crippen LogP contribution < -0.4 is 10.6 Å². The molecule has 0 aliphatic carbocycles. The summed E-state index contributed by atoms with van der Waals surface area (Å²) in [5.41, 5.74) is 2.58. The lowest BCUT2D eigenvalue weighted by Gasteiger charge is -2.22. The number of nitrogens with one attached hydrogen (secondary N) is 2. The Hall–Kier alpha value is -1.39. The molecule has 0 aromatic heterocycles. The Bertz CT molecular complexity index is 434. The third-order valence-electron chi connectivity index (χ3n) is 3.45. The van der Waals surface area contributed by atoms with E-state index in [2.05, 4.69) is 28.8 Å². The second-order valence-corrected chi connectivity index (χ2v) is 4.86. The first-order valence-electron chi connectivity index (χ1n) is 6.93. The quantitative estimate of drug-likeness (QED) is 0.812. The fourth-order valence-electron chi connectivity index (χ4n) is 2.47. The van der Waals surface area contributed by atoms with E-state index in [1.807, 2.05) is 19.9 Å². The Kier molecular flexibility index (Phi) is 4.93. The Morgan fingerprint density at radius 3 is 3.11 bits per heavy atom. The van der Waals surface area contributed by atoms with Crippen LogP contribution in [0.4, 0.5) is 0 Å². The molecule has 19 heavy (non-hydrogen) atoms. The molecule has 4 heteroatoms. The van der Waals surface area contributed by atoms with Crippen LogP contribution in [0.3, 0.4) is 0 Å². The summed E-state index contributed by atoms with van der Waals surface area (Å²) in [4.78, 5) is 11.7. The summed E-state index contributed by atoms with van der Waals surface area (Å²) in [7, 11) is 0. The van der Waals surface area contributed by atoms with Crippen molar-refractivity contribution >= 4 is 5.97 Å². The molecule has 0 amide bonds. The number of benzene rings is 1. The molecule has 1 aliphatic rings. The Balaban J connectivity index is 2.09. The number of ether oxygens (including phenoxy) is 1. The lowest BCUT2D eigenvalue weighted by molar-refractivity contribution is -0.145. The van der Waals surface area contributed by atoms with Crippen LogP contribution >= 0.6 is 0 Å². The highest BCUT2D eigenvalue weighted by Gasteiger charge is 2.22. The molecule has 2 N–H and O–H groups in total. The molecule has 2 unspecified atom stereocenters. The molecule has 1 heterocycles. The maximum atomic E-state index is 11.7. The van der Waals surface area contributed by atoms with Gasteiger partial charge < -0.3 is 10.1 Å². The van der Waals surface area contributed by atoms with Crippen LogP contribution in [0.1, 0.15) is 37.4 Å². The van der Waals surface area contributed by atoms with Gasteiger partial charge in [0.15, 0.2) is 0 Å². The first kappa shape index (κ1) is 14.0. The van der Waals surface area contributed by atoms with Gasteiger partial charge >= 0.3 is 5.97 Å². The van der Waals surface area contributed by atoms with Gasteiger partial charge in [-0.3, -0.25) is 10.1 Å². The maximum Gasteiger partial charge on any atom is 0.322 e. The normalized spacial score (nSPS) is 20.2. The minimum Gasteiger partial charge on any atom is -0.465 e. The molecule has 0 spiro atoms. The van der Waals surface area contributed by atoms with Crippen LogP contribution in [0, 0.1) is 0 Å². The topological polar surface area (TPSA) is 50.4 Å². The zero-order chi connectivity index (χ0) is 13.7. The Morgan fingerprint density at radius 2 is 2.32 bits per heavy atom. The van der Waals surface area contributed by atoms with Crippen molar-refractivity contribution in [3.05, 3.63) is 35.4 Å². The number of hydrogen-bond donors (Lipinski definition) is 2. The molecule has 0 saturated heterocycles. The SMILES string of the molecule is CCOC(=O)C(C)NC1CCNCc2ccccc21. The predicted molar refractivity (Wildman–Crippen MR) is 74.7 cm³/mol. The molecule has 0 saturated carbocycles. The summed E-state index contributed by atoms with van der Waals surface area (Å²) in [6.45, 7) is 5.95. The summed E-state index contributed by atoms with van der Waals surface area (Å²) in [5.74, 6) is -0.183. The number of fused-ring (bicyclic) bond motifs is 1. The van der Waals surface area contributed by atoms with E-state index in [4.69, 9.17) is 4.74 Å². The molecule has 0 fully saturated rings. The van der Waals surface area contributed by atoms with Gasteiger partial charge in [0.1, 0.15) is 6.04 Å². The minimum atomic E-state index is -0.281. The molecule has 0 radical (unpaired) electrons. The van der Waals surface area contributed by atoms with Crippen LogP contribution in [0.2, 0.25) is 0 Å². The first-order chi connectivity index (χ1) is 9.22. The van der Waals surface area contributed by atoms with Crippen LogP contribution in [-0.2, 0) is 16.1 Å². The van der Waals surface area contributed by atoms with Crippen LogP contribution in [0.25, 0.3) is 0 Å². The average Bonchev–Trinajstić information content (AvgIpc) is 2.62. The summed E-state index contributed by atoms with van der Waals surface area (Å²) >= 11 is 0. The molecule has 0 bridgehead atoms. The van der Waals surface area contributed by atoms with E-state index in [-0.39, 0.29) is 18.1 Å². The molecule has 104 valence electrons. The lowest BCUT2D eigenvalue weighted by atomic mass is 9.98. The van der Waals surface area contributed by atoms with Gasteiger partial charge in [-0.2, -0.15) is 0 Å². The maximum absolute atomic E-state index is 11.7. The molecule has 4 nitrogen and oxygen atoms in total. The highest BCUT2D eigenvalue weighted by atomic mass is 16.5. The number of hydrogen-bond acceptors (Lipinski definition) is 4. The fraction of sp³-hybridized carbons (Fsp3) is 0.533. The van der Waals surface area contributed by atoms with Gasteiger partial charge in [0.2, 0.25) is 0 Å². The van der Waals surface area contributed by atoms with Gasteiger partial charge in [-0.25, -0.2) is 0 Å². The summed E-state index contributed by atoms with van der Waals surface area (Å²) in [6, 6.07) is 8.29. The van der Waals surface area contributed by atoms with Gasteiger partial charge in [-0.05, 0) is 37.9 Å². The number of carbonyl (C=O) groups excluding carboxylic acids is 1. The minimum absolute atomic E-state index is 0.183. The van der Waals surface area contributed by atoms with E-state index in [1.54, 1.807) is 0 Å². The van der Waals surface area contributed by atoms with Crippen molar-refractivity contribution in [1.29, 1.82) is 0 Å². The second kappa shape index (κ2) is 6.68. The monoisotopic (exact) mass is 262 g/mol. The Morgan fingerprint density at radius 1 is 1.53 bits per heavy atom. The smallest absolute Gasteiger partial charge is 0.322 e.